The van der Waals surface area contributed by atoms with Crippen LogP contribution in [-0.2, 0) is 6.54 Å². The average Bonchev–Trinajstić information content (AvgIpc) is 3.01. The van der Waals surface area contributed by atoms with Crippen LogP contribution < -0.4 is 16.0 Å². The molecule has 6 heteroatoms. The van der Waals surface area contributed by atoms with Crippen molar-refractivity contribution < 1.29 is 4.74 Å². The van der Waals surface area contributed by atoms with Crippen molar-refractivity contribution in [3.05, 3.63) is 34.5 Å². The van der Waals surface area contributed by atoms with E-state index in [1.165, 1.54) is 0 Å². The van der Waals surface area contributed by atoms with Crippen molar-refractivity contribution >= 4 is 11.3 Å². The van der Waals surface area contributed by atoms with E-state index in [9.17, 15) is 0 Å². The third-order valence-electron chi connectivity index (χ3n) is 2.78. The SMILES string of the molecule is CCCn1ccnc1C(NN)c1sccc1OC. The fourth-order valence-electron chi connectivity index (χ4n) is 1.97. The lowest BCUT2D eigenvalue weighted by atomic mass is 10.2. The predicted octanol–water partition coefficient (Wildman–Crippen LogP) is 1.92. The predicted molar refractivity (Wildman–Crippen MR) is 72.6 cm³/mol. The van der Waals surface area contributed by atoms with Gasteiger partial charge in [-0.2, -0.15) is 0 Å². The van der Waals surface area contributed by atoms with Gasteiger partial charge in [0, 0.05) is 18.9 Å². The van der Waals surface area contributed by atoms with Crippen LogP contribution in [0.3, 0.4) is 0 Å². The molecule has 2 aromatic rings. The second-order valence-corrected chi connectivity index (χ2v) is 4.88. The molecule has 0 spiro atoms. The highest BCUT2D eigenvalue weighted by Gasteiger charge is 2.22. The molecule has 1 unspecified atom stereocenters. The average molecular weight is 266 g/mol. The molecule has 0 aliphatic rings. The van der Waals surface area contributed by atoms with E-state index in [0.717, 1.165) is 29.4 Å². The fraction of sp³-hybridized carbons (Fsp3) is 0.417. The highest BCUT2D eigenvalue weighted by atomic mass is 32.1. The van der Waals surface area contributed by atoms with Crippen LogP contribution in [0.1, 0.15) is 30.1 Å². The van der Waals surface area contributed by atoms with Crippen LogP contribution in [-0.4, -0.2) is 16.7 Å². The molecule has 5 nitrogen and oxygen atoms in total. The van der Waals surface area contributed by atoms with Gasteiger partial charge < -0.3 is 9.30 Å². The number of hydrogen-bond donors (Lipinski definition) is 2. The van der Waals surface area contributed by atoms with Gasteiger partial charge in [0.15, 0.2) is 0 Å². The lowest BCUT2D eigenvalue weighted by Crippen LogP contribution is -2.30. The molecule has 0 aliphatic heterocycles. The van der Waals surface area contributed by atoms with Gasteiger partial charge in [-0.3, -0.25) is 5.84 Å². The second kappa shape index (κ2) is 5.99. The van der Waals surface area contributed by atoms with Gasteiger partial charge in [0.05, 0.1) is 12.0 Å². The first kappa shape index (κ1) is 13.1. The summed E-state index contributed by atoms with van der Waals surface area (Å²) in [4.78, 5) is 5.45. The molecule has 0 saturated carbocycles. The van der Waals surface area contributed by atoms with Crippen LogP contribution in [0.25, 0.3) is 0 Å². The number of nitrogens with two attached hydrogens (primary N) is 1. The number of hydrogen-bond acceptors (Lipinski definition) is 5. The quantitative estimate of drug-likeness (QED) is 0.619. The number of nitrogens with one attached hydrogen (secondary N) is 1. The third kappa shape index (κ3) is 2.40. The molecule has 2 rings (SSSR count). The number of imidazole rings is 1. The van der Waals surface area contributed by atoms with Crippen molar-refractivity contribution in [1.29, 1.82) is 0 Å². The summed E-state index contributed by atoms with van der Waals surface area (Å²) in [7, 11) is 1.66. The number of methoxy groups -OCH3 is 1. The van der Waals surface area contributed by atoms with Gasteiger partial charge in [0.25, 0.3) is 0 Å². The van der Waals surface area contributed by atoms with Crippen molar-refractivity contribution in [2.24, 2.45) is 5.84 Å². The Morgan fingerprint density at radius 3 is 3.11 bits per heavy atom. The van der Waals surface area contributed by atoms with E-state index in [0.29, 0.717) is 0 Å². The zero-order valence-electron chi connectivity index (χ0n) is 10.6. The first-order valence-electron chi connectivity index (χ1n) is 5.90. The lowest BCUT2D eigenvalue weighted by Gasteiger charge is -2.17. The van der Waals surface area contributed by atoms with E-state index in [4.69, 9.17) is 10.6 Å². The summed E-state index contributed by atoms with van der Waals surface area (Å²) in [5.41, 5.74) is 2.83. The van der Waals surface area contributed by atoms with Crippen LogP contribution in [0.4, 0.5) is 0 Å². The first-order valence-corrected chi connectivity index (χ1v) is 6.78. The lowest BCUT2D eigenvalue weighted by molar-refractivity contribution is 0.405. The largest absolute Gasteiger partial charge is 0.496 e. The summed E-state index contributed by atoms with van der Waals surface area (Å²) in [6, 6.07) is 1.80. The maximum absolute atomic E-state index is 5.69. The van der Waals surface area contributed by atoms with Gasteiger partial charge in [0.2, 0.25) is 0 Å². The molecule has 3 N–H and O–H groups in total. The van der Waals surface area contributed by atoms with Gasteiger partial charge in [0.1, 0.15) is 17.6 Å². The van der Waals surface area contributed by atoms with Crippen molar-refractivity contribution in [3.8, 4) is 5.75 Å². The monoisotopic (exact) mass is 266 g/mol. The molecule has 1 atom stereocenters. The summed E-state index contributed by atoms with van der Waals surface area (Å²) in [5.74, 6) is 7.45. The second-order valence-electron chi connectivity index (χ2n) is 3.93. The maximum atomic E-state index is 5.69. The molecular formula is C12H18N4OS. The molecule has 0 aromatic carbocycles. The molecule has 0 aliphatic carbocycles. The summed E-state index contributed by atoms with van der Waals surface area (Å²) >= 11 is 1.61. The van der Waals surface area contributed by atoms with Crippen LogP contribution in [0, 0.1) is 0 Å². The minimum Gasteiger partial charge on any atom is -0.496 e. The topological polar surface area (TPSA) is 65.1 Å². The summed E-state index contributed by atoms with van der Waals surface area (Å²) in [5, 5.41) is 1.99. The Bertz CT molecular complexity index is 494. The van der Waals surface area contributed by atoms with E-state index in [1.807, 2.05) is 17.6 Å². The number of hydrazine groups is 1. The number of aryl methyl sites for hydroxylation is 1. The van der Waals surface area contributed by atoms with Crippen molar-refractivity contribution in [2.75, 3.05) is 7.11 Å². The Labute approximate surface area is 111 Å². The summed E-state index contributed by atoms with van der Waals surface area (Å²) < 4.78 is 7.46. The van der Waals surface area contributed by atoms with E-state index in [2.05, 4.69) is 21.9 Å². The molecule has 0 radical (unpaired) electrons. The van der Waals surface area contributed by atoms with Crippen LogP contribution in [0.5, 0.6) is 5.75 Å². The van der Waals surface area contributed by atoms with Gasteiger partial charge in [-0.25, -0.2) is 10.4 Å². The Morgan fingerprint density at radius 2 is 2.44 bits per heavy atom. The molecule has 18 heavy (non-hydrogen) atoms. The van der Waals surface area contributed by atoms with Gasteiger partial charge in [-0.1, -0.05) is 6.92 Å². The van der Waals surface area contributed by atoms with Gasteiger partial charge >= 0.3 is 0 Å². The van der Waals surface area contributed by atoms with Crippen LogP contribution >= 0.6 is 11.3 Å². The Hall–Kier alpha value is -1.37. The smallest absolute Gasteiger partial charge is 0.134 e. The molecule has 0 amide bonds. The number of rotatable bonds is 6. The summed E-state index contributed by atoms with van der Waals surface area (Å²) in [6.45, 7) is 3.07. The van der Waals surface area contributed by atoms with E-state index >= 15 is 0 Å². The van der Waals surface area contributed by atoms with Crippen LogP contribution in [0.2, 0.25) is 0 Å². The van der Waals surface area contributed by atoms with Crippen molar-refractivity contribution in [2.45, 2.75) is 25.9 Å². The van der Waals surface area contributed by atoms with Crippen LogP contribution in [0.15, 0.2) is 23.8 Å². The molecule has 0 saturated heterocycles. The molecular weight excluding hydrogens is 248 g/mol. The molecule has 2 aromatic heterocycles. The minimum atomic E-state index is -0.138. The Kier molecular flexibility index (Phi) is 4.35. The number of aromatic nitrogens is 2. The third-order valence-corrected chi connectivity index (χ3v) is 3.74. The fourth-order valence-corrected chi connectivity index (χ4v) is 2.88. The van der Waals surface area contributed by atoms with Crippen molar-refractivity contribution in [3.63, 3.8) is 0 Å². The molecule has 0 fully saturated rings. The first-order chi connectivity index (χ1) is 8.81. The van der Waals surface area contributed by atoms with E-state index < -0.39 is 0 Å². The standard InChI is InChI=1S/C12H18N4OS/c1-3-6-16-7-5-14-12(16)10(15-13)11-9(17-2)4-8-18-11/h4-5,7-8,10,15H,3,6,13H2,1-2H3. The van der Waals surface area contributed by atoms with E-state index in [-0.39, 0.29) is 6.04 Å². The molecule has 2 heterocycles. The molecule has 98 valence electrons. The number of ether oxygens (including phenoxy) is 1. The zero-order chi connectivity index (χ0) is 13.0. The number of nitrogens with zero attached hydrogens (tertiary/aromatic N) is 2. The zero-order valence-corrected chi connectivity index (χ0v) is 11.4. The Balaban J connectivity index is 2.36. The minimum absolute atomic E-state index is 0.138. The highest BCUT2D eigenvalue weighted by Crippen LogP contribution is 2.33. The van der Waals surface area contributed by atoms with Gasteiger partial charge in [-0.05, 0) is 17.9 Å². The Morgan fingerprint density at radius 1 is 1.61 bits per heavy atom. The maximum Gasteiger partial charge on any atom is 0.134 e. The highest BCUT2D eigenvalue weighted by molar-refractivity contribution is 7.10. The normalized spacial score (nSPS) is 12.6. The summed E-state index contributed by atoms with van der Waals surface area (Å²) in [6.07, 6.45) is 4.83. The number of thiophene rings is 1. The van der Waals surface area contributed by atoms with Gasteiger partial charge in [-0.15, -0.1) is 11.3 Å². The van der Waals surface area contributed by atoms with E-state index in [1.54, 1.807) is 24.6 Å². The van der Waals surface area contributed by atoms with Crippen molar-refractivity contribution in [1.82, 2.24) is 15.0 Å². The molecule has 0 bridgehead atoms.